The van der Waals surface area contributed by atoms with Crippen molar-refractivity contribution in [2.45, 2.75) is 25.4 Å². The second kappa shape index (κ2) is 5.49. The van der Waals surface area contributed by atoms with Gasteiger partial charge in [-0.1, -0.05) is 18.2 Å². The fourth-order valence-corrected chi connectivity index (χ4v) is 2.37. The lowest BCUT2D eigenvalue weighted by Crippen LogP contribution is -2.23. The average molecular weight is 256 g/mol. The van der Waals surface area contributed by atoms with Gasteiger partial charge in [0.2, 0.25) is 0 Å². The van der Waals surface area contributed by atoms with Gasteiger partial charge in [-0.3, -0.25) is 4.98 Å². The van der Waals surface area contributed by atoms with Crippen LogP contribution in [0, 0.1) is 11.7 Å². The molecule has 0 aliphatic heterocycles. The molecule has 2 aromatic rings. The van der Waals surface area contributed by atoms with Crippen molar-refractivity contribution in [3.63, 3.8) is 0 Å². The fraction of sp³-hybridized carbons (Fsp3) is 0.312. The Morgan fingerprint density at radius 2 is 1.95 bits per heavy atom. The molecule has 1 aliphatic rings. The molecule has 1 heterocycles. The van der Waals surface area contributed by atoms with E-state index in [9.17, 15) is 4.39 Å². The Bertz CT molecular complexity index is 520. The van der Waals surface area contributed by atoms with E-state index in [2.05, 4.69) is 10.3 Å². The maximum Gasteiger partial charge on any atom is 0.123 e. The van der Waals surface area contributed by atoms with Crippen LogP contribution in [0.15, 0.2) is 48.7 Å². The highest BCUT2D eigenvalue weighted by atomic mass is 19.1. The average Bonchev–Trinajstić information content (AvgIpc) is 3.27. The number of aromatic nitrogens is 1. The van der Waals surface area contributed by atoms with Crippen molar-refractivity contribution in [3.05, 3.63) is 65.7 Å². The summed E-state index contributed by atoms with van der Waals surface area (Å²) >= 11 is 0. The summed E-state index contributed by atoms with van der Waals surface area (Å²) in [5.74, 6) is 0.497. The quantitative estimate of drug-likeness (QED) is 0.886. The lowest BCUT2D eigenvalue weighted by molar-refractivity contribution is 0.475. The number of nitrogens with one attached hydrogen (secondary N) is 1. The van der Waals surface area contributed by atoms with Crippen LogP contribution in [0.1, 0.15) is 30.1 Å². The Morgan fingerprint density at radius 1 is 1.16 bits per heavy atom. The summed E-state index contributed by atoms with van der Waals surface area (Å²) in [6.45, 7) is 0.749. The van der Waals surface area contributed by atoms with Gasteiger partial charge in [0.15, 0.2) is 0 Å². The van der Waals surface area contributed by atoms with Crippen LogP contribution in [0.3, 0.4) is 0 Å². The van der Waals surface area contributed by atoms with E-state index in [1.54, 1.807) is 6.20 Å². The summed E-state index contributed by atoms with van der Waals surface area (Å²) in [6.07, 6.45) is 4.30. The smallest absolute Gasteiger partial charge is 0.123 e. The molecule has 1 aliphatic carbocycles. The SMILES string of the molecule is Fc1ccc(C(NCc2ccccn2)C2CC2)cc1. The first-order valence-corrected chi connectivity index (χ1v) is 6.72. The molecule has 19 heavy (non-hydrogen) atoms. The van der Waals surface area contributed by atoms with Crippen molar-refractivity contribution in [2.24, 2.45) is 5.92 Å². The van der Waals surface area contributed by atoms with Gasteiger partial charge in [-0.05, 0) is 48.6 Å². The van der Waals surface area contributed by atoms with Crippen molar-refractivity contribution in [1.29, 1.82) is 0 Å². The van der Waals surface area contributed by atoms with Crippen LogP contribution in [0.5, 0.6) is 0 Å². The van der Waals surface area contributed by atoms with E-state index < -0.39 is 0 Å². The minimum Gasteiger partial charge on any atom is -0.304 e. The molecule has 0 spiro atoms. The van der Waals surface area contributed by atoms with Crippen molar-refractivity contribution in [3.8, 4) is 0 Å². The van der Waals surface area contributed by atoms with E-state index in [1.807, 2.05) is 30.3 Å². The molecule has 3 heteroatoms. The molecule has 0 amide bonds. The number of benzene rings is 1. The monoisotopic (exact) mass is 256 g/mol. The van der Waals surface area contributed by atoms with E-state index in [0.29, 0.717) is 12.0 Å². The molecular weight excluding hydrogens is 239 g/mol. The fourth-order valence-electron chi connectivity index (χ4n) is 2.37. The van der Waals surface area contributed by atoms with Gasteiger partial charge in [-0.15, -0.1) is 0 Å². The van der Waals surface area contributed by atoms with Crippen molar-refractivity contribution in [1.82, 2.24) is 10.3 Å². The lowest BCUT2D eigenvalue weighted by atomic mass is 10.0. The third-order valence-electron chi connectivity index (χ3n) is 3.55. The van der Waals surface area contributed by atoms with Crippen LogP contribution in [-0.2, 0) is 6.54 Å². The predicted molar refractivity (Wildman–Crippen MR) is 72.9 cm³/mol. The summed E-state index contributed by atoms with van der Waals surface area (Å²) in [6, 6.07) is 13.1. The molecule has 1 fully saturated rings. The number of halogens is 1. The Labute approximate surface area is 112 Å². The predicted octanol–water partition coefficient (Wildman–Crippen LogP) is 3.46. The number of rotatable bonds is 5. The van der Waals surface area contributed by atoms with Gasteiger partial charge in [-0.2, -0.15) is 0 Å². The molecule has 0 saturated heterocycles. The summed E-state index contributed by atoms with van der Waals surface area (Å²) in [5.41, 5.74) is 2.20. The van der Waals surface area contributed by atoms with Gasteiger partial charge in [0.1, 0.15) is 5.82 Å². The molecule has 1 unspecified atom stereocenters. The first-order valence-electron chi connectivity index (χ1n) is 6.72. The second-order valence-electron chi connectivity index (χ2n) is 5.07. The largest absolute Gasteiger partial charge is 0.304 e. The third kappa shape index (κ3) is 3.18. The van der Waals surface area contributed by atoms with E-state index in [-0.39, 0.29) is 5.82 Å². The zero-order valence-electron chi connectivity index (χ0n) is 10.7. The molecule has 0 bridgehead atoms. The molecule has 1 saturated carbocycles. The first kappa shape index (κ1) is 12.3. The summed E-state index contributed by atoms with van der Waals surface area (Å²) in [7, 11) is 0. The molecular formula is C16H17FN2. The number of pyridine rings is 1. The summed E-state index contributed by atoms with van der Waals surface area (Å²) < 4.78 is 13.0. The number of hydrogen-bond donors (Lipinski definition) is 1. The van der Waals surface area contributed by atoms with Crippen LogP contribution in [-0.4, -0.2) is 4.98 Å². The zero-order valence-corrected chi connectivity index (χ0v) is 10.7. The third-order valence-corrected chi connectivity index (χ3v) is 3.55. The van der Waals surface area contributed by atoms with E-state index in [0.717, 1.165) is 12.2 Å². The van der Waals surface area contributed by atoms with Crippen LogP contribution in [0.4, 0.5) is 4.39 Å². The van der Waals surface area contributed by atoms with E-state index >= 15 is 0 Å². The van der Waals surface area contributed by atoms with E-state index in [1.165, 1.54) is 30.5 Å². The first-order chi connectivity index (χ1) is 9.33. The summed E-state index contributed by atoms with van der Waals surface area (Å²) in [5, 5.41) is 3.55. The molecule has 2 nitrogen and oxygen atoms in total. The minimum atomic E-state index is -0.178. The van der Waals surface area contributed by atoms with Crippen LogP contribution >= 0.6 is 0 Å². The molecule has 3 rings (SSSR count). The van der Waals surface area contributed by atoms with Crippen LogP contribution in [0.25, 0.3) is 0 Å². The Hall–Kier alpha value is -1.74. The molecule has 0 radical (unpaired) electrons. The minimum absolute atomic E-state index is 0.178. The zero-order chi connectivity index (χ0) is 13.1. The van der Waals surface area contributed by atoms with Crippen molar-refractivity contribution >= 4 is 0 Å². The summed E-state index contributed by atoms with van der Waals surface area (Å²) in [4.78, 5) is 4.32. The molecule has 98 valence electrons. The Morgan fingerprint density at radius 3 is 2.58 bits per heavy atom. The second-order valence-corrected chi connectivity index (χ2v) is 5.07. The normalized spacial score (nSPS) is 16.3. The maximum absolute atomic E-state index is 13.0. The standard InChI is InChI=1S/C16H17FN2/c17-14-8-6-13(7-9-14)16(12-4-5-12)19-11-15-3-1-2-10-18-15/h1-3,6-10,12,16,19H,4-5,11H2. The molecule has 1 aromatic carbocycles. The van der Waals surface area contributed by atoms with Crippen molar-refractivity contribution in [2.75, 3.05) is 0 Å². The van der Waals surface area contributed by atoms with Gasteiger partial charge in [0, 0.05) is 18.8 Å². The molecule has 1 N–H and O–H groups in total. The highest BCUT2D eigenvalue weighted by Gasteiger charge is 2.31. The Kier molecular flexibility index (Phi) is 3.56. The molecule has 1 aromatic heterocycles. The van der Waals surface area contributed by atoms with Crippen LogP contribution in [0.2, 0.25) is 0 Å². The highest BCUT2D eigenvalue weighted by Crippen LogP contribution is 2.41. The Balaban J connectivity index is 1.69. The number of hydrogen-bond acceptors (Lipinski definition) is 2. The topological polar surface area (TPSA) is 24.9 Å². The number of nitrogens with zero attached hydrogens (tertiary/aromatic N) is 1. The van der Waals surface area contributed by atoms with Gasteiger partial charge in [0.05, 0.1) is 5.69 Å². The molecule has 1 atom stereocenters. The maximum atomic E-state index is 13.0. The van der Waals surface area contributed by atoms with Crippen LogP contribution < -0.4 is 5.32 Å². The van der Waals surface area contributed by atoms with Gasteiger partial charge in [-0.25, -0.2) is 4.39 Å². The lowest BCUT2D eigenvalue weighted by Gasteiger charge is -2.18. The van der Waals surface area contributed by atoms with E-state index in [4.69, 9.17) is 0 Å². The van der Waals surface area contributed by atoms with Gasteiger partial charge in [0.25, 0.3) is 0 Å². The van der Waals surface area contributed by atoms with Gasteiger partial charge < -0.3 is 5.32 Å². The van der Waals surface area contributed by atoms with Crippen molar-refractivity contribution < 1.29 is 4.39 Å². The highest BCUT2D eigenvalue weighted by molar-refractivity contribution is 5.22. The van der Waals surface area contributed by atoms with Gasteiger partial charge >= 0.3 is 0 Å².